The summed E-state index contributed by atoms with van der Waals surface area (Å²) in [7, 11) is 0. The molecule has 0 amide bonds. The lowest BCUT2D eigenvalue weighted by atomic mass is 10.1. The van der Waals surface area contributed by atoms with E-state index in [1.54, 1.807) is 30.5 Å². The van der Waals surface area contributed by atoms with Crippen LogP contribution >= 0.6 is 23.2 Å². The molecule has 0 saturated heterocycles. The van der Waals surface area contributed by atoms with Crippen molar-refractivity contribution in [3.63, 3.8) is 0 Å². The van der Waals surface area contributed by atoms with Gasteiger partial charge in [0.2, 0.25) is 0 Å². The van der Waals surface area contributed by atoms with Gasteiger partial charge >= 0.3 is 0 Å². The van der Waals surface area contributed by atoms with Crippen LogP contribution in [0.3, 0.4) is 0 Å². The number of pyridine rings is 1. The SMILES string of the molecule is Cc1ccccc1Nc1ccc(/C(=N/O)c2ncccc2Cl)c(Cl)c1. The predicted molar refractivity (Wildman–Crippen MR) is 103 cm³/mol. The van der Waals surface area contributed by atoms with E-state index in [9.17, 15) is 5.21 Å². The second-order valence-corrected chi connectivity index (χ2v) is 6.23. The van der Waals surface area contributed by atoms with Crippen LogP contribution in [-0.2, 0) is 0 Å². The van der Waals surface area contributed by atoms with Gasteiger partial charge in [0.1, 0.15) is 11.4 Å². The molecule has 1 aromatic heterocycles. The molecule has 0 aliphatic heterocycles. The van der Waals surface area contributed by atoms with Gasteiger partial charge in [-0.1, -0.05) is 46.6 Å². The normalized spacial score (nSPS) is 11.4. The molecule has 0 atom stereocenters. The predicted octanol–water partition coefficient (Wildman–Crippen LogP) is 5.67. The van der Waals surface area contributed by atoms with Gasteiger partial charge in [0.05, 0.1) is 10.0 Å². The van der Waals surface area contributed by atoms with Crippen molar-refractivity contribution in [1.29, 1.82) is 0 Å². The summed E-state index contributed by atoms with van der Waals surface area (Å²) in [5.41, 5.74) is 4.08. The van der Waals surface area contributed by atoms with Gasteiger partial charge in [0.15, 0.2) is 0 Å². The Morgan fingerprint density at radius 2 is 1.84 bits per heavy atom. The van der Waals surface area contributed by atoms with Gasteiger partial charge in [0.25, 0.3) is 0 Å². The number of hydrogen-bond donors (Lipinski definition) is 2. The van der Waals surface area contributed by atoms with E-state index in [0.717, 1.165) is 16.9 Å². The van der Waals surface area contributed by atoms with Gasteiger partial charge in [0, 0.05) is 23.1 Å². The highest BCUT2D eigenvalue weighted by Crippen LogP contribution is 2.28. The number of anilines is 2. The van der Waals surface area contributed by atoms with E-state index in [1.165, 1.54) is 0 Å². The highest BCUT2D eigenvalue weighted by atomic mass is 35.5. The minimum atomic E-state index is 0.220. The van der Waals surface area contributed by atoms with Crippen molar-refractivity contribution < 1.29 is 5.21 Å². The number of aromatic nitrogens is 1. The summed E-state index contributed by atoms with van der Waals surface area (Å²) < 4.78 is 0. The molecular formula is C19H15Cl2N3O. The van der Waals surface area contributed by atoms with Crippen molar-refractivity contribution in [1.82, 2.24) is 4.98 Å². The fourth-order valence-corrected chi connectivity index (χ4v) is 2.92. The number of para-hydroxylation sites is 1. The topological polar surface area (TPSA) is 57.5 Å². The Labute approximate surface area is 155 Å². The smallest absolute Gasteiger partial charge is 0.138 e. The zero-order valence-corrected chi connectivity index (χ0v) is 14.9. The first kappa shape index (κ1) is 17.3. The highest BCUT2D eigenvalue weighted by molar-refractivity contribution is 6.38. The lowest BCUT2D eigenvalue weighted by Crippen LogP contribution is -2.08. The van der Waals surface area contributed by atoms with Crippen LogP contribution in [0.2, 0.25) is 10.0 Å². The number of benzene rings is 2. The fourth-order valence-electron chi connectivity index (χ4n) is 2.44. The maximum absolute atomic E-state index is 9.44. The Morgan fingerprint density at radius 1 is 1.04 bits per heavy atom. The Morgan fingerprint density at radius 3 is 2.52 bits per heavy atom. The van der Waals surface area contributed by atoms with Crippen molar-refractivity contribution >= 4 is 40.3 Å². The summed E-state index contributed by atoms with van der Waals surface area (Å²) in [5.74, 6) is 0. The third-order valence-corrected chi connectivity index (χ3v) is 4.35. The van der Waals surface area contributed by atoms with Crippen molar-refractivity contribution in [2.24, 2.45) is 5.16 Å². The molecule has 0 aliphatic rings. The maximum atomic E-state index is 9.44. The zero-order valence-electron chi connectivity index (χ0n) is 13.4. The van der Waals surface area contributed by atoms with E-state index in [2.05, 4.69) is 15.5 Å². The van der Waals surface area contributed by atoms with E-state index in [-0.39, 0.29) is 5.71 Å². The highest BCUT2D eigenvalue weighted by Gasteiger charge is 2.16. The molecule has 1 heterocycles. The third kappa shape index (κ3) is 3.76. The lowest BCUT2D eigenvalue weighted by Gasteiger charge is -2.12. The number of oxime groups is 1. The van der Waals surface area contributed by atoms with Crippen LogP contribution in [-0.4, -0.2) is 15.9 Å². The van der Waals surface area contributed by atoms with Crippen LogP contribution in [0.5, 0.6) is 0 Å². The second-order valence-electron chi connectivity index (χ2n) is 5.42. The summed E-state index contributed by atoms with van der Waals surface area (Å²) in [6, 6.07) is 16.7. The molecule has 6 heteroatoms. The van der Waals surface area contributed by atoms with Crippen LogP contribution in [0.15, 0.2) is 65.9 Å². The van der Waals surface area contributed by atoms with Crippen molar-refractivity contribution in [2.75, 3.05) is 5.32 Å². The fraction of sp³-hybridized carbons (Fsp3) is 0.0526. The van der Waals surface area contributed by atoms with Gasteiger partial charge in [-0.05, 0) is 48.9 Å². The standard InChI is InChI=1S/C19H15Cl2N3O/c1-12-5-2-3-7-17(12)23-13-8-9-14(16(21)11-13)18(24-25)19-15(20)6-4-10-22-19/h2-11,23,25H,1H3/b24-18-. The molecule has 3 rings (SSSR count). The number of nitrogens with zero attached hydrogens (tertiary/aromatic N) is 2. The van der Waals surface area contributed by atoms with Crippen molar-refractivity contribution in [3.05, 3.63) is 87.7 Å². The molecule has 0 aliphatic carbocycles. The Balaban J connectivity index is 1.94. The Kier molecular flexibility index (Phi) is 5.22. The molecule has 0 fully saturated rings. The largest absolute Gasteiger partial charge is 0.410 e. The van der Waals surface area contributed by atoms with Gasteiger partial charge < -0.3 is 10.5 Å². The second kappa shape index (κ2) is 7.55. The van der Waals surface area contributed by atoms with Crippen molar-refractivity contribution in [3.8, 4) is 0 Å². The first-order chi connectivity index (χ1) is 12.1. The molecule has 25 heavy (non-hydrogen) atoms. The number of nitrogens with one attached hydrogen (secondary N) is 1. The Bertz CT molecular complexity index is 941. The first-order valence-electron chi connectivity index (χ1n) is 7.55. The molecule has 126 valence electrons. The lowest BCUT2D eigenvalue weighted by molar-refractivity contribution is 0.319. The van der Waals surface area contributed by atoms with Crippen LogP contribution in [0.1, 0.15) is 16.8 Å². The number of rotatable bonds is 4. The summed E-state index contributed by atoms with van der Waals surface area (Å²) in [4.78, 5) is 4.17. The summed E-state index contributed by atoms with van der Waals surface area (Å²) in [6.45, 7) is 2.03. The van der Waals surface area contributed by atoms with Crippen molar-refractivity contribution in [2.45, 2.75) is 6.92 Å². The number of hydrogen-bond acceptors (Lipinski definition) is 4. The average Bonchev–Trinajstić information content (AvgIpc) is 2.61. The van der Waals surface area contributed by atoms with Crippen LogP contribution in [0.4, 0.5) is 11.4 Å². The Hall–Kier alpha value is -2.56. The molecular weight excluding hydrogens is 357 g/mol. The molecule has 0 bridgehead atoms. The molecule has 2 aromatic carbocycles. The van der Waals surface area contributed by atoms with Gasteiger partial charge in [-0.25, -0.2) is 0 Å². The molecule has 0 unspecified atom stereocenters. The minimum Gasteiger partial charge on any atom is -0.410 e. The monoisotopic (exact) mass is 371 g/mol. The van der Waals surface area contributed by atoms with E-state index >= 15 is 0 Å². The molecule has 4 nitrogen and oxygen atoms in total. The van der Waals surface area contributed by atoms with E-state index in [4.69, 9.17) is 23.2 Å². The van der Waals surface area contributed by atoms with Crippen LogP contribution < -0.4 is 5.32 Å². The minimum absolute atomic E-state index is 0.220. The quantitative estimate of drug-likeness (QED) is 0.353. The molecule has 0 saturated carbocycles. The van der Waals surface area contributed by atoms with Gasteiger partial charge in [-0.3, -0.25) is 4.98 Å². The van der Waals surface area contributed by atoms with E-state index in [1.807, 2.05) is 37.3 Å². The van der Waals surface area contributed by atoms with E-state index < -0.39 is 0 Å². The zero-order chi connectivity index (χ0) is 17.8. The van der Waals surface area contributed by atoms with E-state index in [0.29, 0.717) is 21.3 Å². The molecule has 2 N–H and O–H groups in total. The van der Waals surface area contributed by atoms with Gasteiger partial charge in [-0.15, -0.1) is 0 Å². The molecule has 0 radical (unpaired) electrons. The number of aryl methyl sites for hydroxylation is 1. The van der Waals surface area contributed by atoms with Gasteiger partial charge in [-0.2, -0.15) is 0 Å². The average molecular weight is 372 g/mol. The van der Waals surface area contributed by atoms with Crippen LogP contribution in [0, 0.1) is 6.92 Å². The molecule has 0 spiro atoms. The third-order valence-electron chi connectivity index (χ3n) is 3.73. The maximum Gasteiger partial charge on any atom is 0.138 e. The molecule has 3 aromatic rings. The summed E-state index contributed by atoms with van der Waals surface area (Å²) in [6.07, 6.45) is 1.58. The summed E-state index contributed by atoms with van der Waals surface area (Å²) in [5, 5.41) is 16.9. The summed E-state index contributed by atoms with van der Waals surface area (Å²) >= 11 is 12.6. The first-order valence-corrected chi connectivity index (χ1v) is 8.31. The number of halogens is 2. The van der Waals surface area contributed by atoms with Crippen LogP contribution in [0.25, 0.3) is 0 Å².